The van der Waals surface area contributed by atoms with Gasteiger partial charge < -0.3 is 5.32 Å². The van der Waals surface area contributed by atoms with Crippen molar-refractivity contribution in [3.8, 4) is 0 Å². The van der Waals surface area contributed by atoms with E-state index in [4.69, 9.17) is 0 Å². The first-order valence-electron chi connectivity index (χ1n) is 5.79. The van der Waals surface area contributed by atoms with Gasteiger partial charge in [-0.15, -0.1) is 0 Å². The smallest absolute Gasteiger partial charge is 0.166 e. The second-order valence-corrected chi connectivity index (χ2v) is 4.21. The summed E-state index contributed by atoms with van der Waals surface area (Å²) < 4.78 is 53.5. The van der Waals surface area contributed by atoms with Crippen LogP contribution in [0.4, 0.5) is 17.6 Å². The second kappa shape index (κ2) is 5.67. The number of nitrogens with zero attached hydrogens (tertiary/aromatic N) is 1. The lowest BCUT2D eigenvalue weighted by Gasteiger charge is -2.33. The molecule has 1 fully saturated rings. The number of hydrogen-bond acceptors (Lipinski definition) is 2. The minimum atomic E-state index is -1.30. The molecule has 6 heteroatoms. The van der Waals surface area contributed by atoms with Gasteiger partial charge in [0, 0.05) is 31.7 Å². The Morgan fingerprint density at radius 3 is 2.33 bits per heavy atom. The summed E-state index contributed by atoms with van der Waals surface area (Å²) in [6.07, 6.45) is 0. The molecule has 1 atom stereocenters. The summed E-state index contributed by atoms with van der Waals surface area (Å²) in [5, 5.41) is 3.06. The van der Waals surface area contributed by atoms with Gasteiger partial charge in [-0.05, 0) is 12.1 Å². The van der Waals surface area contributed by atoms with Crippen molar-refractivity contribution in [1.82, 2.24) is 10.2 Å². The molecule has 2 nitrogen and oxygen atoms in total. The topological polar surface area (TPSA) is 15.3 Å². The molecule has 0 bridgehead atoms. The van der Waals surface area contributed by atoms with Gasteiger partial charge in [-0.2, -0.15) is 0 Å². The Morgan fingerprint density at radius 1 is 1.11 bits per heavy atom. The molecule has 1 aliphatic rings. The van der Waals surface area contributed by atoms with E-state index in [2.05, 4.69) is 5.32 Å². The third kappa shape index (κ3) is 2.49. The van der Waals surface area contributed by atoms with Gasteiger partial charge in [0.25, 0.3) is 0 Å². The molecule has 0 spiro atoms. The number of rotatable bonds is 3. The molecule has 1 N–H and O–H groups in total. The van der Waals surface area contributed by atoms with E-state index in [9.17, 15) is 17.6 Å². The van der Waals surface area contributed by atoms with Crippen LogP contribution >= 0.6 is 0 Å². The number of alkyl halides is 1. The molecule has 0 radical (unpaired) electrons. The third-order valence-electron chi connectivity index (χ3n) is 3.15. The average Bonchev–Trinajstić information content (AvgIpc) is 2.40. The highest BCUT2D eigenvalue weighted by Crippen LogP contribution is 2.28. The molecule has 18 heavy (non-hydrogen) atoms. The maximum atomic E-state index is 13.6. The molecule has 1 aromatic carbocycles. The second-order valence-electron chi connectivity index (χ2n) is 4.21. The Hall–Kier alpha value is -1.14. The molecule has 1 aromatic rings. The Kier molecular flexibility index (Phi) is 4.19. The first kappa shape index (κ1) is 13.3. The van der Waals surface area contributed by atoms with E-state index in [1.165, 1.54) is 0 Å². The molecule has 0 unspecified atom stereocenters. The zero-order valence-corrected chi connectivity index (χ0v) is 9.73. The number of nitrogens with one attached hydrogen (secondary N) is 1. The Balaban J connectivity index is 2.34. The van der Waals surface area contributed by atoms with Crippen LogP contribution in [0.3, 0.4) is 0 Å². The normalized spacial score (nSPS) is 18.9. The van der Waals surface area contributed by atoms with Crippen LogP contribution < -0.4 is 5.32 Å². The Morgan fingerprint density at radius 2 is 1.72 bits per heavy atom. The maximum absolute atomic E-state index is 13.6. The van der Waals surface area contributed by atoms with Crippen LogP contribution in [0.15, 0.2) is 12.1 Å². The van der Waals surface area contributed by atoms with Gasteiger partial charge in [-0.1, -0.05) is 0 Å². The summed E-state index contributed by atoms with van der Waals surface area (Å²) in [6.45, 7) is 1.25. The first-order valence-corrected chi connectivity index (χ1v) is 5.79. The SMILES string of the molecule is FC[C@H](c1c(F)ccc(F)c1F)N1CCNCC1. The maximum Gasteiger partial charge on any atom is 0.166 e. The molecule has 2 rings (SSSR count). The molecule has 0 saturated carbocycles. The van der Waals surface area contributed by atoms with Crippen molar-refractivity contribution in [1.29, 1.82) is 0 Å². The number of piperazine rings is 1. The van der Waals surface area contributed by atoms with Crippen LogP contribution in [0, 0.1) is 17.5 Å². The van der Waals surface area contributed by atoms with Crippen LogP contribution in [0.1, 0.15) is 11.6 Å². The number of halogens is 4. The summed E-state index contributed by atoms with van der Waals surface area (Å²) in [5.41, 5.74) is -0.514. The molecular formula is C12H14F4N2. The van der Waals surface area contributed by atoms with Crippen LogP contribution in [-0.2, 0) is 0 Å². The summed E-state index contributed by atoms with van der Waals surface area (Å²) in [4.78, 5) is 1.62. The third-order valence-corrected chi connectivity index (χ3v) is 3.15. The van der Waals surface area contributed by atoms with E-state index >= 15 is 0 Å². The molecule has 1 saturated heterocycles. The van der Waals surface area contributed by atoms with E-state index in [1.54, 1.807) is 4.90 Å². The van der Waals surface area contributed by atoms with Gasteiger partial charge in [0.1, 0.15) is 12.5 Å². The lowest BCUT2D eigenvalue weighted by Crippen LogP contribution is -2.46. The zero-order chi connectivity index (χ0) is 13.1. The Bertz CT molecular complexity index is 419. The summed E-state index contributed by atoms with van der Waals surface area (Å²) in [6, 6.07) is 0.475. The highest BCUT2D eigenvalue weighted by Gasteiger charge is 2.28. The monoisotopic (exact) mass is 262 g/mol. The van der Waals surface area contributed by atoms with Crippen molar-refractivity contribution in [2.75, 3.05) is 32.9 Å². The van der Waals surface area contributed by atoms with Crippen LogP contribution in [0.25, 0.3) is 0 Å². The standard InChI is InChI=1S/C12H14F4N2/c13-7-10(18-5-3-17-4-6-18)11-8(14)1-2-9(15)12(11)16/h1-2,10,17H,3-7H2/t10-/m1/s1. The van der Waals surface area contributed by atoms with Crippen LogP contribution in [0.2, 0.25) is 0 Å². The fraction of sp³-hybridized carbons (Fsp3) is 0.500. The van der Waals surface area contributed by atoms with Gasteiger partial charge >= 0.3 is 0 Å². The molecule has 0 aromatic heterocycles. The van der Waals surface area contributed by atoms with E-state index in [1.807, 2.05) is 0 Å². The average molecular weight is 262 g/mol. The van der Waals surface area contributed by atoms with Crippen molar-refractivity contribution in [3.05, 3.63) is 35.1 Å². The van der Waals surface area contributed by atoms with Gasteiger partial charge in [-0.25, -0.2) is 17.6 Å². The molecule has 100 valence electrons. The van der Waals surface area contributed by atoms with E-state index in [0.717, 1.165) is 6.07 Å². The Labute approximate surface area is 103 Å². The molecule has 1 heterocycles. The van der Waals surface area contributed by atoms with Crippen molar-refractivity contribution in [2.24, 2.45) is 0 Å². The first-order chi connectivity index (χ1) is 8.65. The fourth-order valence-corrected chi connectivity index (χ4v) is 2.20. The summed E-state index contributed by atoms with van der Waals surface area (Å²) in [5.74, 6) is -3.36. The lowest BCUT2D eigenvalue weighted by molar-refractivity contribution is 0.140. The number of hydrogen-bond donors (Lipinski definition) is 1. The quantitative estimate of drug-likeness (QED) is 0.662. The lowest BCUT2D eigenvalue weighted by atomic mass is 10.0. The molecular weight excluding hydrogens is 248 g/mol. The highest BCUT2D eigenvalue weighted by molar-refractivity contribution is 5.25. The summed E-state index contributed by atoms with van der Waals surface area (Å²) >= 11 is 0. The predicted molar refractivity (Wildman–Crippen MR) is 59.5 cm³/mol. The van der Waals surface area contributed by atoms with Crippen molar-refractivity contribution in [3.63, 3.8) is 0 Å². The van der Waals surface area contributed by atoms with Crippen LogP contribution in [0.5, 0.6) is 0 Å². The summed E-state index contributed by atoms with van der Waals surface area (Å²) in [7, 11) is 0. The van der Waals surface area contributed by atoms with Gasteiger partial charge in [0.15, 0.2) is 11.6 Å². The van der Waals surface area contributed by atoms with Crippen molar-refractivity contribution in [2.45, 2.75) is 6.04 Å². The predicted octanol–water partition coefficient (Wildman–Crippen LogP) is 2.02. The van der Waals surface area contributed by atoms with Crippen molar-refractivity contribution < 1.29 is 17.6 Å². The minimum absolute atomic E-state index is 0.476. The van der Waals surface area contributed by atoms with Gasteiger partial charge in [-0.3, -0.25) is 4.90 Å². The molecule has 1 aliphatic heterocycles. The van der Waals surface area contributed by atoms with E-state index < -0.39 is 35.7 Å². The van der Waals surface area contributed by atoms with Gasteiger partial charge in [0.2, 0.25) is 0 Å². The molecule has 0 aliphatic carbocycles. The molecule has 0 amide bonds. The van der Waals surface area contributed by atoms with Crippen LogP contribution in [-0.4, -0.2) is 37.8 Å². The largest absolute Gasteiger partial charge is 0.314 e. The van der Waals surface area contributed by atoms with E-state index in [-0.39, 0.29) is 0 Å². The minimum Gasteiger partial charge on any atom is -0.314 e. The highest BCUT2D eigenvalue weighted by atomic mass is 19.2. The number of benzene rings is 1. The fourth-order valence-electron chi connectivity index (χ4n) is 2.20. The van der Waals surface area contributed by atoms with Gasteiger partial charge in [0.05, 0.1) is 6.04 Å². The zero-order valence-electron chi connectivity index (χ0n) is 9.73. The van der Waals surface area contributed by atoms with Crippen molar-refractivity contribution >= 4 is 0 Å². The van der Waals surface area contributed by atoms with E-state index in [0.29, 0.717) is 32.2 Å².